The molecule has 29 heavy (non-hydrogen) atoms. The van der Waals surface area contributed by atoms with Gasteiger partial charge in [0, 0.05) is 30.8 Å². The van der Waals surface area contributed by atoms with Crippen LogP contribution < -0.4 is 0 Å². The number of Topliss-reactive ketones (excluding diaryl/α,β-unsaturated/α-hetero) is 1. The van der Waals surface area contributed by atoms with Gasteiger partial charge in [-0.2, -0.15) is 13.2 Å². The molecule has 0 aromatic carbocycles. The maximum Gasteiger partial charge on any atom is 0.415 e. The van der Waals surface area contributed by atoms with Crippen LogP contribution in [-0.4, -0.2) is 73.9 Å². The first kappa shape index (κ1) is 21.4. The summed E-state index contributed by atoms with van der Waals surface area (Å²) in [5.41, 5.74) is -1.19. The number of hydrogen-bond donors (Lipinski definition) is 0. The van der Waals surface area contributed by atoms with Gasteiger partial charge in [0.2, 0.25) is 0 Å². The Morgan fingerprint density at radius 1 is 1.00 bits per heavy atom. The van der Waals surface area contributed by atoms with E-state index in [4.69, 9.17) is 14.2 Å². The standard InChI is InChI=1S/C19H20F3NO6/c20-19(21,22)18-14-4-3-13(29-14)17(18)12(24)2-1-8-27-10-11-28-9-7-23-15(25)5-6-16(23)26/h3-6,13-14H,1-2,7-11H2. The van der Waals surface area contributed by atoms with Gasteiger partial charge < -0.3 is 14.2 Å². The summed E-state index contributed by atoms with van der Waals surface area (Å²) in [5.74, 6) is -1.33. The van der Waals surface area contributed by atoms with Crippen molar-refractivity contribution in [3.05, 3.63) is 35.5 Å². The zero-order valence-electron chi connectivity index (χ0n) is 15.4. The Hall–Kier alpha value is -2.30. The van der Waals surface area contributed by atoms with Gasteiger partial charge in [0.05, 0.1) is 31.9 Å². The summed E-state index contributed by atoms with van der Waals surface area (Å²) in [7, 11) is 0. The van der Waals surface area contributed by atoms with E-state index in [1.807, 2.05) is 0 Å². The summed E-state index contributed by atoms with van der Waals surface area (Å²) in [4.78, 5) is 35.9. The van der Waals surface area contributed by atoms with Gasteiger partial charge in [0.25, 0.3) is 11.8 Å². The lowest BCUT2D eigenvalue weighted by Gasteiger charge is -2.15. The van der Waals surface area contributed by atoms with Crippen molar-refractivity contribution in [1.82, 2.24) is 4.90 Å². The van der Waals surface area contributed by atoms with Crippen LogP contribution >= 0.6 is 0 Å². The van der Waals surface area contributed by atoms with Crippen molar-refractivity contribution in [3.8, 4) is 0 Å². The molecule has 0 aromatic heterocycles. The van der Waals surface area contributed by atoms with Crippen LogP contribution in [0.5, 0.6) is 0 Å². The van der Waals surface area contributed by atoms with E-state index < -0.39 is 29.7 Å². The average Bonchev–Trinajstić information content (AvgIpc) is 3.35. The van der Waals surface area contributed by atoms with Crippen molar-refractivity contribution in [1.29, 1.82) is 0 Å². The smallest absolute Gasteiger partial charge is 0.379 e. The van der Waals surface area contributed by atoms with E-state index in [9.17, 15) is 27.6 Å². The summed E-state index contributed by atoms with van der Waals surface area (Å²) in [6, 6.07) is 0. The molecule has 3 aliphatic heterocycles. The lowest BCUT2D eigenvalue weighted by Crippen LogP contribution is -2.33. The molecule has 3 rings (SSSR count). The number of nitrogens with zero attached hydrogens (tertiary/aromatic N) is 1. The first-order chi connectivity index (χ1) is 13.8. The summed E-state index contributed by atoms with van der Waals surface area (Å²) < 4.78 is 55.2. The number of amides is 2. The highest BCUT2D eigenvalue weighted by atomic mass is 19.4. The Bertz CT molecular complexity index is 752. The van der Waals surface area contributed by atoms with Gasteiger partial charge >= 0.3 is 6.18 Å². The maximum atomic E-state index is 13.2. The monoisotopic (exact) mass is 415 g/mol. The van der Waals surface area contributed by atoms with Crippen LogP contribution in [0.2, 0.25) is 0 Å². The number of ketones is 1. The first-order valence-electron chi connectivity index (χ1n) is 9.16. The highest BCUT2D eigenvalue weighted by Gasteiger charge is 2.50. The second kappa shape index (κ2) is 9.02. The first-order valence-corrected chi connectivity index (χ1v) is 9.16. The third-order valence-corrected chi connectivity index (χ3v) is 4.64. The molecule has 0 N–H and O–H groups in total. The van der Waals surface area contributed by atoms with Gasteiger partial charge in [0.15, 0.2) is 5.78 Å². The molecule has 0 radical (unpaired) electrons. The molecule has 3 aliphatic rings. The molecule has 0 aliphatic carbocycles. The second-order valence-corrected chi connectivity index (χ2v) is 6.60. The molecule has 2 atom stereocenters. The number of carbonyl (C=O) groups excluding carboxylic acids is 3. The molecule has 2 amide bonds. The number of carbonyl (C=O) groups is 3. The zero-order valence-corrected chi connectivity index (χ0v) is 15.4. The van der Waals surface area contributed by atoms with Crippen LogP contribution in [0, 0.1) is 0 Å². The number of imide groups is 1. The SMILES string of the molecule is O=C(CCCOCCOCCN1C(=O)C=CC1=O)C1=C(C(F)(F)F)C2C=CC1O2. The number of fused-ring (bicyclic) bond motifs is 2. The third kappa shape index (κ3) is 5.01. The predicted molar refractivity (Wildman–Crippen MR) is 92.6 cm³/mol. The van der Waals surface area contributed by atoms with Crippen LogP contribution in [0.1, 0.15) is 12.8 Å². The van der Waals surface area contributed by atoms with Crippen molar-refractivity contribution in [2.75, 3.05) is 33.0 Å². The Morgan fingerprint density at radius 3 is 2.28 bits per heavy atom. The van der Waals surface area contributed by atoms with E-state index in [1.165, 1.54) is 24.3 Å². The Morgan fingerprint density at radius 2 is 1.62 bits per heavy atom. The number of hydrogen-bond acceptors (Lipinski definition) is 6. The maximum absolute atomic E-state index is 13.2. The van der Waals surface area contributed by atoms with Crippen molar-refractivity contribution >= 4 is 17.6 Å². The minimum absolute atomic E-state index is 0.0671. The summed E-state index contributed by atoms with van der Waals surface area (Å²) in [6.07, 6.45) is -1.31. The molecule has 158 valence electrons. The van der Waals surface area contributed by atoms with Gasteiger partial charge in [-0.3, -0.25) is 19.3 Å². The summed E-state index contributed by atoms with van der Waals surface area (Å²) in [6.45, 7) is 0.965. The van der Waals surface area contributed by atoms with Gasteiger partial charge in [-0.15, -0.1) is 0 Å². The van der Waals surface area contributed by atoms with Crippen molar-refractivity contribution < 1.29 is 41.8 Å². The number of rotatable bonds is 11. The topological polar surface area (TPSA) is 82.1 Å². The largest absolute Gasteiger partial charge is 0.415 e. The molecule has 10 heteroatoms. The van der Waals surface area contributed by atoms with Crippen molar-refractivity contribution in [2.24, 2.45) is 0 Å². The summed E-state index contributed by atoms with van der Waals surface area (Å²) >= 11 is 0. The molecule has 0 aromatic rings. The molecule has 7 nitrogen and oxygen atoms in total. The highest BCUT2D eigenvalue weighted by Crippen LogP contribution is 2.43. The van der Waals surface area contributed by atoms with E-state index in [-0.39, 0.29) is 63.2 Å². The Kier molecular flexibility index (Phi) is 6.66. The van der Waals surface area contributed by atoms with Gasteiger partial charge in [0.1, 0.15) is 12.2 Å². The van der Waals surface area contributed by atoms with Crippen LogP contribution in [-0.2, 0) is 28.6 Å². The van der Waals surface area contributed by atoms with E-state index in [0.29, 0.717) is 0 Å². The third-order valence-electron chi connectivity index (χ3n) is 4.64. The highest BCUT2D eigenvalue weighted by molar-refractivity contribution is 6.12. The molecule has 2 bridgehead atoms. The Labute approximate surface area is 164 Å². The molecular weight excluding hydrogens is 395 g/mol. The van der Waals surface area contributed by atoms with Gasteiger partial charge in [-0.25, -0.2) is 0 Å². The van der Waals surface area contributed by atoms with E-state index >= 15 is 0 Å². The normalized spacial score (nSPS) is 23.2. The van der Waals surface area contributed by atoms with Crippen LogP contribution in [0.25, 0.3) is 0 Å². The fourth-order valence-electron chi connectivity index (χ4n) is 3.31. The number of ether oxygens (including phenoxy) is 3. The fourth-order valence-corrected chi connectivity index (χ4v) is 3.31. The minimum atomic E-state index is -4.59. The average molecular weight is 415 g/mol. The molecule has 3 heterocycles. The molecule has 2 unspecified atom stereocenters. The van der Waals surface area contributed by atoms with Crippen LogP contribution in [0.4, 0.5) is 13.2 Å². The summed E-state index contributed by atoms with van der Waals surface area (Å²) in [5, 5.41) is 0. The van der Waals surface area contributed by atoms with Gasteiger partial charge in [-0.1, -0.05) is 12.2 Å². The molecule has 0 saturated heterocycles. The second-order valence-electron chi connectivity index (χ2n) is 6.60. The number of halogens is 3. The van der Waals surface area contributed by atoms with Crippen LogP contribution in [0.3, 0.4) is 0 Å². The zero-order chi connectivity index (χ0) is 21.0. The fraction of sp³-hybridized carbons (Fsp3) is 0.526. The molecule has 0 saturated carbocycles. The van der Waals surface area contributed by atoms with Crippen molar-refractivity contribution in [3.63, 3.8) is 0 Å². The van der Waals surface area contributed by atoms with E-state index in [0.717, 1.165) is 4.90 Å². The van der Waals surface area contributed by atoms with Crippen LogP contribution in [0.15, 0.2) is 35.5 Å². The lowest BCUT2D eigenvalue weighted by atomic mass is 9.91. The molecule has 0 fully saturated rings. The van der Waals surface area contributed by atoms with Gasteiger partial charge in [-0.05, 0) is 6.42 Å². The van der Waals surface area contributed by atoms with Crippen molar-refractivity contribution in [2.45, 2.75) is 31.2 Å². The predicted octanol–water partition coefficient (Wildman–Crippen LogP) is 1.49. The quantitative estimate of drug-likeness (QED) is 0.289. The lowest BCUT2D eigenvalue weighted by molar-refractivity contribution is -0.137. The van der Waals surface area contributed by atoms with E-state index in [1.54, 1.807) is 0 Å². The van der Waals surface area contributed by atoms with E-state index in [2.05, 4.69) is 0 Å². The number of alkyl halides is 3. The molecule has 0 spiro atoms. The minimum Gasteiger partial charge on any atom is -0.379 e. The Balaban J connectivity index is 1.28. The molecular formula is C19H20F3NO6.